The summed E-state index contributed by atoms with van der Waals surface area (Å²) in [5.74, 6) is 0. The smallest absolute Gasteiger partial charge is 0.241 e. The van der Waals surface area contributed by atoms with Crippen molar-refractivity contribution in [1.29, 1.82) is 0 Å². The molecular weight excluding hydrogens is 158 g/mol. The molecule has 2 aliphatic rings. The van der Waals surface area contributed by atoms with E-state index in [1.54, 1.807) is 0 Å². The quantitative estimate of drug-likeness (QED) is 0.447. The zero-order valence-electron chi connectivity index (χ0n) is 7.53. The van der Waals surface area contributed by atoms with Crippen LogP contribution in [0.15, 0.2) is 0 Å². The van der Waals surface area contributed by atoms with Gasteiger partial charge in [-0.25, -0.2) is 0 Å². The number of hydrogen-bond donors (Lipinski definition) is 0. The molecule has 0 N–H and O–H groups in total. The minimum absolute atomic E-state index is 0.0694. The lowest BCUT2D eigenvalue weighted by Gasteiger charge is -2.09. The molecule has 2 heterocycles. The van der Waals surface area contributed by atoms with E-state index in [2.05, 4.69) is 0 Å². The van der Waals surface area contributed by atoms with Crippen LogP contribution >= 0.6 is 0 Å². The Morgan fingerprint density at radius 3 is 2.33 bits per heavy atom. The SMILES string of the molecule is CC.O=[N+]([O-])C1CC2CCC1O2. The van der Waals surface area contributed by atoms with Crippen LogP contribution in [-0.2, 0) is 4.74 Å². The van der Waals surface area contributed by atoms with Crippen LogP contribution in [0.4, 0.5) is 0 Å². The second-order valence-corrected chi connectivity index (χ2v) is 2.96. The van der Waals surface area contributed by atoms with Gasteiger partial charge in [0.15, 0.2) is 0 Å². The summed E-state index contributed by atoms with van der Waals surface area (Å²) >= 11 is 0. The van der Waals surface area contributed by atoms with Gasteiger partial charge < -0.3 is 4.74 Å². The summed E-state index contributed by atoms with van der Waals surface area (Å²) in [6.45, 7) is 4.00. The largest absolute Gasteiger partial charge is 0.368 e. The molecule has 70 valence electrons. The molecule has 0 radical (unpaired) electrons. The third-order valence-corrected chi connectivity index (χ3v) is 2.34. The minimum Gasteiger partial charge on any atom is -0.368 e. The van der Waals surface area contributed by atoms with E-state index >= 15 is 0 Å². The van der Waals surface area contributed by atoms with Crippen LogP contribution < -0.4 is 0 Å². The van der Waals surface area contributed by atoms with Crippen molar-refractivity contribution < 1.29 is 9.66 Å². The van der Waals surface area contributed by atoms with Gasteiger partial charge in [0.25, 0.3) is 0 Å². The third kappa shape index (κ3) is 1.58. The summed E-state index contributed by atoms with van der Waals surface area (Å²) in [5, 5.41) is 10.3. The molecule has 2 saturated heterocycles. The molecular formula is C8H15NO3. The average Bonchev–Trinajstić information content (AvgIpc) is 2.67. The topological polar surface area (TPSA) is 52.4 Å². The Labute approximate surface area is 72.1 Å². The lowest BCUT2D eigenvalue weighted by Crippen LogP contribution is -2.30. The summed E-state index contributed by atoms with van der Waals surface area (Å²) in [7, 11) is 0. The monoisotopic (exact) mass is 173 g/mol. The van der Waals surface area contributed by atoms with E-state index in [0.717, 1.165) is 12.8 Å². The molecule has 2 fully saturated rings. The predicted molar refractivity (Wildman–Crippen MR) is 44.6 cm³/mol. The Kier molecular flexibility index (Phi) is 3.03. The van der Waals surface area contributed by atoms with Gasteiger partial charge in [-0.1, -0.05) is 13.8 Å². The second-order valence-electron chi connectivity index (χ2n) is 2.96. The molecule has 2 bridgehead atoms. The molecule has 0 saturated carbocycles. The van der Waals surface area contributed by atoms with Gasteiger partial charge in [0.2, 0.25) is 6.04 Å². The van der Waals surface area contributed by atoms with Crippen LogP contribution in [0.1, 0.15) is 33.1 Å². The highest BCUT2D eigenvalue weighted by molar-refractivity contribution is 4.89. The lowest BCUT2D eigenvalue weighted by atomic mass is 9.96. The van der Waals surface area contributed by atoms with Crippen molar-refractivity contribution in [2.45, 2.75) is 51.4 Å². The zero-order valence-corrected chi connectivity index (χ0v) is 7.53. The highest BCUT2D eigenvalue weighted by Gasteiger charge is 2.47. The van der Waals surface area contributed by atoms with Gasteiger partial charge in [-0.15, -0.1) is 0 Å². The molecule has 0 aromatic rings. The Bertz CT molecular complexity index is 172. The van der Waals surface area contributed by atoms with E-state index in [-0.39, 0.29) is 17.1 Å². The lowest BCUT2D eigenvalue weighted by molar-refractivity contribution is -0.527. The molecule has 0 aliphatic carbocycles. The first-order valence-corrected chi connectivity index (χ1v) is 4.56. The molecule has 0 aromatic carbocycles. The van der Waals surface area contributed by atoms with Gasteiger partial charge in [-0.2, -0.15) is 0 Å². The molecule has 3 atom stereocenters. The summed E-state index contributed by atoms with van der Waals surface area (Å²) < 4.78 is 5.30. The molecule has 3 unspecified atom stereocenters. The fraction of sp³-hybridized carbons (Fsp3) is 1.00. The van der Waals surface area contributed by atoms with Gasteiger partial charge in [-0.05, 0) is 12.8 Å². The molecule has 2 aliphatic heterocycles. The van der Waals surface area contributed by atoms with Crippen LogP contribution in [0.3, 0.4) is 0 Å². The Balaban J connectivity index is 0.000000336. The fourth-order valence-corrected chi connectivity index (χ4v) is 1.83. The summed E-state index contributed by atoms with van der Waals surface area (Å²) in [4.78, 5) is 10.1. The second kappa shape index (κ2) is 3.85. The van der Waals surface area contributed by atoms with Gasteiger partial charge in [0, 0.05) is 11.3 Å². The molecule has 0 aromatic heterocycles. The maximum atomic E-state index is 10.3. The number of hydrogen-bond acceptors (Lipinski definition) is 3. The summed E-state index contributed by atoms with van der Waals surface area (Å²) in [5.41, 5.74) is 0. The van der Waals surface area contributed by atoms with Crippen molar-refractivity contribution in [3.05, 3.63) is 10.1 Å². The first-order valence-electron chi connectivity index (χ1n) is 4.56. The normalized spacial score (nSPS) is 37.3. The Hall–Kier alpha value is -0.640. The molecule has 4 heteroatoms. The van der Waals surface area contributed by atoms with Gasteiger partial charge in [0.1, 0.15) is 6.10 Å². The molecule has 0 amide bonds. The number of rotatable bonds is 1. The molecule has 12 heavy (non-hydrogen) atoms. The van der Waals surface area contributed by atoms with Crippen molar-refractivity contribution in [3.8, 4) is 0 Å². The summed E-state index contributed by atoms with van der Waals surface area (Å²) in [6, 6.07) is -0.404. The highest BCUT2D eigenvalue weighted by atomic mass is 16.6. The van der Waals surface area contributed by atoms with E-state index in [1.165, 1.54) is 0 Å². The van der Waals surface area contributed by atoms with Gasteiger partial charge in [-0.3, -0.25) is 10.1 Å². The van der Waals surface area contributed by atoms with E-state index in [4.69, 9.17) is 4.74 Å². The van der Waals surface area contributed by atoms with E-state index in [0.29, 0.717) is 6.42 Å². The summed E-state index contributed by atoms with van der Waals surface area (Å²) in [6.07, 6.45) is 2.67. The average molecular weight is 173 g/mol. The van der Waals surface area contributed by atoms with Crippen molar-refractivity contribution in [2.75, 3.05) is 0 Å². The fourth-order valence-electron chi connectivity index (χ4n) is 1.83. The van der Waals surface area contributed by atoms with Crippen molar-refractivity contribution >= 4 is 0 Å². The van der Waals surface area contributed by atoms with Crippen molar-refractivity contribution in [1.82, 2.24) is 0 Å². The Morgan fingerprint density at radius 2 is 2.08 bits per heavy atom. The van der Waals surface area contributed by atoms with E-state index < -0.39 is 6.04 Å². The molecule has 4 nitrogen and oxygen atoms in total. The highest BCUT2D eigenvalue weighted by Crippen LogP contribution is 2.35. The maximum absolute atomic E-state index is 10.3. The first kappa shape index (κ1) is 9.45. The van der Waals surface area contributed by atoms with Gasteiger partial charge in [0.05, 0.1) is 6.10 Å². The number of nitro groups is 1. The maximum Gasteiger partial charge on any atom is 0.241 e. The van der Waals surface area contributed by atoms with Crippen LogP contribution in [0.25, 0.3) is 0 Å². The number of nitrogens with zero attached hydrogens (tertiary/aromatic N) is 1. The van der Waals surface area contributed by atoms with Crippen LogP contribution in [-0.4, -0.2) is 23.2 Å². The van der Waals surface area contributed by atoms with Gasteiger partial charge >= 0.3 is 0 Å². The Morgan fingerprint density at radius 1 is 1.42 bits per heavy atom. The third-order valence-electron chi connectivity index (χ3n) is 2.34. The van der Waals surface area contributed by atoms with Crippen LogP contribution in [0, 0.1) is 10.1 Å². The molecule has 2 rings (SSSR count). The van der Waals surface area contributed by atoms with Crippen LogP contribution in [0.2, 0.25) is 0 Å². The standard InChI is InChI=1S/C6H9NO3.C2H6/c8-7(9)5-3-4-1-2-6(5)10-4;1-2/h4-6H,1-3H2;1-2H3. The molecule has 0 spiro atoms. The van der Waals surface area contributed by atoms with Crippen molar-refractivity contribution in [3.63, 3.8) is 0 Å². The zero-order chi connectivity index (χ0) is 9.14. The van der Waals surface area contributed by atoms with Crippen LogP contribution in [0.5, 0.6) is 0 Å². The predicted octanol–water partition coefficient (Wildman–Crippen LogP) is 1.61. The number of ether oxygens (including phenoxy) is 1. The van der Waals surface area contributed by atoms with Crippen molar-refractivity contribution in [2.24, 2.45) is 0 Å². The van der Waals surface area contributed by atoms with E-state index in [9.17, 15) is 10.1 Å². The first-order chi connectivity index (χ1) is 5.77. The minimum atomic E-state index is -0.404. The number of fused-ring (bicyclic) bond motifs is 2. The van der Waals surface area contributed by atoms with E-state index in [1.807, 2.05) is 13.8 Å².